The van der Waals surface area contributed by atoms with Crippen molar-refractivity contribution in [2.75, 3.05) is 12.4 Å². The van der Waals surface area contributed by atoms with Crippen LogP contribution in [-0.2, 0) is 17.6 Å². The summed E-state index contributed by atoms with van der Waals surface area (Å²) in [7, 11) is 1.66. The zero-order chi connectivity index (χ0) is 16.2. The molecule has 1 aromatic heterocycles. The van der Waals surface area contributed by atoms with Gasteiger partial charge in [-0.15, -0.1) is 11.3 Å². The number of aryl methyl sites for hydroxylation is 1. The van der Waals surface area contributed by atoms with Crippen molar-refractivity contribution < 1.29 is 9.59 Å². The lowest BCUT2D eigenvalue weighted by Crippen LogP contribution is -2.26. The molecule has 4 nitrogen and oxygen atoms in total. The molecule has 2 N–H and O–H groups in total. The topological polar surface area (TPSA) is 58.2 Å². The van der Waals surface area contributed by atoms with E-state index >= 15 is 0 Å². The second-order valence-corrected chi connectivity index (χ2v) is 7.78. The number of amides is 2. The molecule has 2 aliphatic rings. The molecule has 2 amide bonds. The third-order valence-corrected chi connectivity index (χ3v) is 6.30. The third kappa shape index (κ3) is 3.60. The number of fused-ring (bicyclic) bond motifs is 1. The van der Waals surface area contributed by atoms with E-state index in [2.05, 4.69) is 10.6 Å². The first-order valence-corrected chi connectivity index (χ1v) is 9.70. The van der Waals surface area contributed by atoms with Crippen LogP contribution < -0.4 is 10.6 Å². The van der Waals surface area contributed by atoms with Crippen molar-refractivity contribution in [2.24, 2.45) is 5.92 Å². The maximum atomic E-state index is 12.6. The SMILES string of the molecule is CNC(=O)c1c(NC(=O)C2CCCCC2)sc2c1CCCCC2. The van der Waals surface area contributed by atoms with Gasteiger partial charge in [-0.3, -0.25) is 9.59 Å². The second-order valence-electron chi connectivity index (χ2n) is 6.67. The number of hydrogen-bond donors (Lipinski definition) is 2. The molecule has 0 atom stereocenters. The molecule has 23 heavy (non-hydrogen) atoms. The van der Waals surface area contributed by atoms with Gasteiger partial charge in [0.25, 0.3) is 5.91 Å². The fraction of sp³-hybridized carbons (Fsp3) is 0.667. The number of anilines is 1. The van der Waals surface area contributed by atoms with Crippen LogP contribution in [0.4, 0.5) is 5.00 Å². The first kappa shape index (κ1) is 16.5. The zero-order valence-electron chi connectivity index (χ0n) is 13.9. The van der Waals surface area contributed by atoms with Crippen LogP contribution in [0.5, 0.6) is 0 Å². The van der Waals surface area contributed by atoms with Gasteiger partial charge < -0.3 is 10.6 Å². The minimum Gasteiger partial charge on any atom is -0.355 e. The van der Waals surface area contributed by atoms with Gasteiger partial charge in [-0.05, 0) is 44.1 Å². The van der Waals surface area contributed by atoms with Crippen LogP contribution in [0.3, 0.4) is 0 Å². The van der Waals surface area contributed by atoms with Crippen molar-refractivity contribution in [3.05, 3.63) is 16.0 Å². The van der Waals surface area contributed by atoms with Gasteiger partial charge in [-0.2, -0.15) is 0 Å². The summed E-state index contributed by atoms with van der Waals surface area (Å²) in [6.45, 7) is 0. The van der Waals surface area contributed by atoms with Crippen LogP contribution in [-0.4, -0.2) is 18.9 Å². The molecule has 1 fully saturated rings. The Morgan fingerprint density at radius 1 is 1.00 bits per heavy atom. The molecule has 0 spiro atoms. The van der Waals surface area contributed by atoms with Gasteiger partial charge in [-0.25, -0.2) is 0 Å². The van der Waals surface area contributed by atoms with Crippen LogP contribution in [0.2, 0.25) is 0 Å². The van der Waals surface area contributed by atoms with Gasteiger partial charge in [0.05, 0.1) is 5.56 Å². The summed E-state index contributed by atoms with van der Waals surface area (Å²) < 4.78 is 0. The first-order chi connectivity index (χ1) is 11.2. The Labute approximate surface area is 142 Å². The average molecular weight is 334 g/mol. The van der Waals surface area contributed by atoms with E-state index in [0.717, 1.165) is 55.5 Å². The van der Waals surface area contributed by atoms with Crippen molar-refractivity contribution in [1.29, 1.82) is 0 Å². The molecule has 0 bridgehead atoms. The number of carbonyl (C=O) groups excluding carboxylic acids is 2. The second kappa shape index (κ2) is 7.47. The predicted octanol–water partition coefficient (Wildman–Crippen LogP) is 3.90. The maximum Gasteiger partial charge on any atom is 0.254 e. The van der Waals surface area contributed by atoms with E-state index in [9.17, 15) is 9.59 Å². The van der Waals surface area contributed by atoms with E-state index in [1.807, 2.05) is 0 Å². The number of carbonyl (C=O) groups is 2. The summed E-state index contributed by atoms with van der Waals surface area (Å²) in [6.07, 6.45) is 11.0. The van der Waals surface area contributed by atoms with Crippen LogP contribution in [0.15, 0.2) is 0 Å². The summed E-state index contributed by atoms with van der Waals surface area (Å²) in [6, 6.07) is 0. The Balaban J connectivity index is 1.85. The minimum atomic E-state index is -0.0663. The number of rotatable bonds is 3. The Hall–Kier alpha value is -1.36. The van der Waals surface area contributed by atoms with Gasteiger partial charge in [0.1, 0.15) is 5.00 Å². The van der Waals surface area contributed by atoms with Gasteiger partial charge in [0.15, 0.2) is 0 Å². The van der Waals surface area contributed by atoms with E-state index in [-0.39, 0.29) is 17.7 Å². The highest BCUT2D eigenvalue weighted by atomic mass is 32.1. The summed E-state index contributed by atoms with van der Waals surface area (Å²) in [5.74, 6) is 0.151. The van der Waals surface area contributed by atoms with Gasteiger partial charge in [0, 0.05) is 17.8 Å². The average Bonchev–Trinajstić information content (AvgIpc) is 2.76. The highest BCUT2D eigenvalue weighted by Crippen LogP contribution is 2.38. The Bertz CT molecular complexity index is 588. The molecule has 126 valence electrons. The number of nitrogens with one attached hydrogen (secondary N) is 2. The third-order valence-electron chi connectivity index (χ3n) is 5.09. The molecule has 1 saturated carbocycles. The number of thiophene rings is 1. The first-order valence-electron chi connectivity index (χ1n) is 8.88. The highest BCUT2D eigenvalue weighted by Gasteiger charge is 2.27. The van der Waals surface area contributed by atoms with Crippen molar-refractivity contribution in [2.45, 2.75) is 64.2 Å². The molecule has 0 saturated heterocycles. The zero-order valence-corrected chi connectivity index (χ0v) is 14.7. The largest absolute Gasteiger partial charge is 0.355 e. The van der Waals surface area contributed by atoms with Crippen molar-refractivity contribution in [3.8, 4) is 0 Å². The molecular weight excluding hydrogens is 308 g/mol. The highest BCUT2D eigenvalue weighted by molar-refractivity contribution is 7.17. The van der Waals surface area contributed by atoms with E-state index in [0.29, 0.717) is 0 Å². The van der Waals surface area contributed by atoms with E-state index in [1.54, 1.807) is 18.4 Å². The molecule has 0 aliphatic heterocycles. The fourth-order valence-electron chi connectivity index (χ4n) is 3.77. The summed E-state index contributed by atoms with van der Waals surface area (Å²) in [5.41, 5.74) is 1.89. The molecule has 0 aromatic carbocycles. The normalized spacial score (nSPS) is 18.8. The Morgan fingerprint density at radius 3 is 2.43 bits per heavy atom. The Kier molecular flexibility index (Phi) is 5.36. The smallest absolute Gasteiger partial charge is 0.254 e. The molecular formula is C18H26N2O2S. The molecule has 2 aliphatic carbocycles. The summed E-state index contributed by atoms with van der Waals surface area (Å²) in [5, 5.41) is 6.61. The molecule has 5 heteroatoms. The van der Waals surface area contributed by atoms with Crippen molar-refractivity contribution in [3.63, 3.8) is 0 Å². The van der Waals surface area contributed by atoms with E-state index in [1.165, 1.54) is 29.7 Å². The molecule has 1 heterocycles. The van der Waals surface area contributed by atoms with Crippen molar-refractivity contribution in [1.82, 2.24) is 5.32 Å². The monoisotopic (exact) mass is 334 g/mol. The predicted molar refractivity (Wildman–Crippen MR) is 94.2 cm³/mol. The fourth-order valence-corrected chi connectivity index (χ4v) is 5.06. The van der Waals surface area contributed by atoms with Gasteiger partial charge in [-0.1, -0.05) is 25.7 Å². The molecule has 0 radical (unpaired) electrons. The van der Waals surface area contributed by atoms with Gasteiger partial charge in [0.2, 0.25) is 5.91 Å². The summed E-state index contributed by atoms with van der Waals surface area (Å²) >= 11 is 1.62. The van der Waals surface area contributed by atoms with Crippen LogP contribution in [0, 0.1) is 5.92 Å². The van der Waals surface area contributed by atoms with Crippen LogP contribution in [0.25, 0.3) is 0 Å². The standard InChI is InChI=1S/C18H26N2O2S/c1-19-17(22)15-13-10-6-3-7-11-14(13)23-18(15)20-16(21)12-8-4-2-5-9-12/h12H,2-11H2,1H3,(H,19,22)(H,20,21). The lowest BCUT2D eigenvalue weighted by molar-refractivity contribution is -0.120. The van der Waals surface area contributed by atoms with Crippen LogP contribution >= 0.6 is 11.3 Å². The lowest BCUT2D eigenvalue weighted by Gasteiger charge is -2.20. The van der Waals surface area contributed by atoms with Gasteiger partial charge >= 0.3 is 0 Å². The molecule has 0 unspecified atom stereocenters. The maximum absolute atomic E-state index is 12.6. The minimum absolute atomic E-state index is 0.0663. The van der Waals surface area contributed by atoms with Crippen molar-refractivity contribution >= 4 is 28.2 Å². The molecule has 3 rings (SSSR count). The van der Waals surface area contributed by atoms with Crippen LogP contribution in [0.1, 0.15) is 72.2 Å². The lowest BCUT2D eigenvalue weighted by atomic mass is 9.88. The quantitative estimate of drug-likeness (QED) is 0.824. The van der Waals surface area contributed by atoms with E-state index < -0.39 is 0 Å². The molecule has 1 aromatic rings. The summed E-state index contributed by atoms with van der Waals surface area (Å²) in [4.78, 5) is 26.2. The Morgan fingerprint density at radius 2 is 1.70 bits per heavy atom. The number of hydrogen-bond acceptors (Lipinski definition) is 3. The van der Waals surface area contributed by atoms with E-state index in [4.69, 9.17) is 0 Å².